The second-order valence-electron chi connectivity index (χ2n) is 9.17. The third-order valence-corrected chi connectivity index (χ3v) is 5.84. The number of nitrogens with zero attached hydrogens (tertiary/aromatic N) is 4. The summed E-state index contributed by atoms with van der Waals surface area (Å²) in [5.41, 5.74) is 0.200. The lowest BCUT2D eigenvalue weighted by molar-refractivity contribution is 0.00791. The number of aromatic amines is 1. The quantitative estimate of drug-likeness (QED) is 0.526. The molecular formula is C22H26ClFN6O3. The fourth-order valence-corrected chi connectivity index (χ4v) is 3.92. The Labute approximate surface area is 195 Å². The SMILES string of the molecule is CC(C)(C)OC(=O)NCC1(O)CCN(c2cnc3c(-c4cccc(F)c4Cl)[nH]nc3n2)CC1. The largest absolute Gasteiger partial charge is 0.444 e. The van der Waals surface area contributed by atoms with Gasteiger partial charge in [-0.15, -0.1) is 0 Å². The molecule has 4 rings (SSSR count). The topological polar surface area (TPSA) is 116 Å². The second kappa shape index (κ2) is 8.75. The molecule has 176 valence electrons. The summed E-state index contributed by atoms with van der Waals surface area (Å²) in [5, 5.41) is 20.5. The Kier molecular flexibility index (Phi) is 6.15. The number of carbonyl (C=O) groups is 1. The van der Waals surface area contributed by atoms with Crippen LogP contribution >= 0.6 is 11.6 Å². The summed E-state index contributed by atoms with van der Waals surface area (Å²) in [6.07, 6.45) is 1.95. The first kappa shape index (κ1) is 23.2. The van der Waals surface area contributed by atoms with Gasteiger partial charge in [0.1, 0.15) is 22.8 Å². The summed E-state index contributed by atoms with van der Waals surface area (Å²) in [6, 6.07) is 4.54. The van der Waals surface area contributed by atoms with Gasteiger partial charge >= 0.3 is 6.09 Å². The number of piperidine rings is 1. The maximum absolute atomic E-state index is 13.9. The number of aliphatic hydroxyl groups is 1. The first-order valence-corrected chi connectivity index (χ1v) is 11.0. The van der Waals surface area contributed by atoms with Crippen molar-refractivity contribution in [1.29, 1.82) is 0 Å². The molecule has 0 spiro atoms. The number of nitrogens with one attached hydrogen (secondary N) is 2. The minimum Gasteiger partial charge on any atom is -0.444 e. The van der Waals surface area contributed by atoms with E-state index < -0.39 is 23.1 Å². The van der Waals surface area contributed by atoms with Crippen molar-refractivity contribution >= 4 is 34.7 Å². The normalized spacial score (nSPS) is 16.1. The van der Waals surface area contributed by atoms with Crippen LogP contribution in [0.3, 0.4) is 0 Å². The average molecular weight is 477 g/mol. The highest BCUT2D eigenvalue weighted by Gasteiger charge is 2.34. The number of amides is 1. The molecule has 3 N–H and O–H groups in total. The molecule has 0 radical (unpaired) electrons. The van der Waals surface area contributed by atoms with Crippen molar-refractivity contribution in [1.82, 2.24) is 25.5 Å². The summed E-state index contributed by atoms with van der Waals surface area (Å²) in [6.45, 7) is 6.52. The van der Waals surface area contributed by atoms with Crippen molar-refractivity contribution < 1.29 is 19.0 Å². The zero-order valence-electron chi connectivity index (χ0n) is 18.7. The standard InChI is InChI=1S/C22H26ClFN6O3/c1-21(2,3)33-20(31)26-12-22(32)7-9-30(10-8-22)15-11-25-18-17(28-29-19(18)27-15)13-5-4-6-14(24)16(13)23/h4-6,11,32H,7-10,12H2,1-3H3,(H,26,31)(H,27,28,29). The first-order valence-electron chi connectivity index (χ1n) is 10.6. The molecule has 1 aromatic carbocycles. The number of aromatic nitrogens is 4. The zero-order chi connectivity index (χ0) is 23.8. The molecule has 1 amide bonds. The van der Waals surface area contributed by atoms with Crippen LogP contribution in [0.15, 0.2) is 24.4 Å². The molecule has 1 aliphatic heterocycles. The highest BCUT2D eigenvalue weighted by molar-refractivity contribution is 6.33. The Balaban J connectivity index is 1.43. The summed E-state index contributed by atoms with van der Waals surface area (Å²) in [4.78, 5) is 22.9. The Bertz CT molecular complexity index is 1170. The number of fused-ring (bicyclic) bond motifs is 1. The van der Waals surface area contributed by atoms with Gasteiger partial charge in [0.15, 0.2) is 0 Å². The van der Waals surface area contributed by atoms with Crippen LogP contribution in [0, 0.1) is 5.82 Å². The fraction of sp³-hybridized carbons (Fsp3) is 0.455. The number of hydrogen-bond donors (Lipinski definition) is 3. The maximum Gasteiger partial charge on any atom is 0.407 e. The van der Waals surface area contributed by atoms with Gasteiger partial charge < -0.3 is 20.1 Å². The molecule has 0 bridgehead atoms. The molecule has 1 aliphatic rings. The van der Waals surface area contributed by atoms with E-state index in [9.17, 15) is 14.3 Å². The van der Waals surface area contributed by atoms with Crippen LogP contribution in [-0.2, 0) is 4.74 Å². The van der Waals surface area contributed by atoms with Gasteiger partial charge in [-0.2, -0.15) is 5.10 Å². The summed E-state index contributed by atoms with van der Waals surface area (Å²) in [7, 11) is 0. The highest BCUT2D eigenvalue weighted by atomic mass is 35.5. The summed E-state index contributed by atoms with van der Waals surface area (Å²) < 4.78 is 19.1. The fourth-order valence-electron chi connectivity index (χ4n) is 3.70. The van der Waals surface area contributed by atoms with E-state index in [-0.39, 0.29) is 11.6 Å². The van der Waals surface area contributed by atoms with Crippen molar-refractivity contribution in [3.05, 3.63) is 35.2 Å². The number of rotatable bonds is 4. The van der Waals surface area contributed by atoms with E-state index in [0.29, 0.717) is 54.2 Å². The predicted octanol–water partition coefficient (Wildman–Crippen LogP) is 3.67. The van der Waals surface area contributed by atoms with E-state index >= 15 is 0 Å². The molecular weight excluding hydrogens is 451 g/mol. The van der Waals surface area contributed by atoms with Gasteiger partial charge in [-0.1, -0.05) is 23.7 Å². The van der Waals surface area contributed by atoms with Crippen molar-refractivity contribution in [2.24, 2.45) is 0 Å². The number of anilines is 1. The number of benzene rings is 1. The van der Waals surface area contributed by atoms with Gasteiger partial charge in [0.25, 0.3) is 0 Å². The third kappa shape index (κ3) is 5.17. The van der Waals surface area contributed by atoms with Crippen LogP contribution in [0.1, 0.15) is 33.6 Å². The molecule has 3 aromatic rings. The first-order chi connectivity index (χ1) is 15.5. The number of H-pyrrole nitrogens is 1. The molecule has 33 heavy (non-hydrogen) atoms. The lowest BCUT2D eigenvalue weighted by atomic mass is 9.91. The Hall–Kier alpha value is -2.98. The van der Waals surface area contributed by atoms with Crippen LogP contribution < -0.4 is 10.2 Å². The monoisotopic (exact) mass is 476 g/mol. The average Bonchev–Trinajstić information content (AvgIpc) is 3.17. The third-order valence-electron chi connectivity index (χ3n) is 5.45. The second-order valence-corrected chi connectivity index (χ2v) is 9.55. The molecule has 3 heterocycles. The van der Waals surface area contributed by atoms with Gasteiger partial charge in [0.2, 0.25) is 5.65 Å². The van der Waals surface area contributed by atoms with Crippen molar-refractivity contribution in [3.63, 3.8) is 0 Å². The molecule has 9 nitrogen and oxygen atoms in total. The van der Waals surface area contributed by atoms with E-state index in [1.54, 1.807) is 39.1 Å². The van der Waals surface area contributed by atoms with Crippen molar-refractivity contribution in [2.75, 3.05) is 24.5 Å². The highest BCUT2D eigenvalue weighted by Crippen LogP contribution is 2.33. The van der Waals surface area contributed by atoms with Crippen LogP contribution in [0.4, 0.5) is 15.0 Å². The molecule has 0 saturated carbocycles. The Morgan fingerprint density at radius 1 is 1.36 bits per heavy atom. The smallest absolute Gasteiger partial charge is 0.407 e. The van der Waals surface area contributed by atoms with Gasteiger partial charge in [0, 0.05) is 25.2 Å². The van der Waals surface area contributed by atoms with Crippen molar-refractivity contribution in [3.8, 4) is 11.3 Å². The van der Waals surface area contributed by atoms with Crippen LogP contribution in [-0.4, -0.2) is 62.2 Å². The molecule has 11 heteroatoms. The number of carbonyl (C=O) groups excluding carboxylic acids is 1. The van der Waals surface area contributed by atoms with E-state index in [2.05, 4.69) is 25.5 Å². The molecule has 0 atom stereocenters. The van der Waals surface area contributed by atoms with Gasteiger partial charge in [-0.05, 0) is 39.7 Å². The predicted molar refractivity (Wildman–Crippen MR) is 123 cm³/mol. The molecule has 1 saturated heterocycles. The van der Waals surface area contributed by atoms with Crippen molar-refractivity contribution in [2.45, 2.75) is 44.8 Å². The Morgan fingerprint density at radius 3 is 2.79 bits per heavy atom. The molecule has 1 fully saturated rings. The number of ether oxygens (including phenoxy) is 1. The van der Waals surface area contributed by atoms with Gasteiger partial charge in [-0.3, -0.25) is 5.10 Å². The molecule has 0 unspecified atom stereocenters. The van der Waals surface area contributed by atoms with E-state index in [1.165, 1.54) is 6.07 Å². The van der Waals surface area contributed by atoms with Crippen LogP contribution in [0.25, 0.3) is 22.4 Å². The van der Waals surface area contributed by atoms with E-state index in [1.807, 2.05) is 4.90 Å². The molecule has 0 aliphatic carbocycles. The van der Waals surface area contributed by atoms with E-state index in [4.69, 9.17) is 16.3 Å². The minimum absolute atomic E-state index is 0.00997. The lowest BCUT2D eigenvalue weighted by Crippen LogP contribution is -2.51. The molecule has 2 aromatic heterocycles. The van der Waals surface area contributed by atoms with Crippen LogP contribution in [0.5, 0.6) is 0 Å². The Morgan fingerprint density at radius 2 is 2.09 bits per heavy atom. The number of hydrogen-bond acceptors (Lipinski definition) is 7. The summed E-state index contributed by atoms with van der Waals surface area (Å²) >= 11 is 6.10. The van der Waals surface area contributed by atoms with Gasteiger partial charge in [-0.25, -0.2) is 19.2 Å². The maximum atomic E-state index is 13.9. The van der Waals surface area contributed by atoms with Crippen LogP contribution in [0.2, 0.25) is 5.02 Å². The van der Waals surface area contributed by atoms with E-state index in [0.717, 1.165) is 0 Å². The minimum atomic E-state index is -1.03. The van der Waals surface area contributed by atoms with Gasteiger partial charge in [0.05, 0.1) is 22.5 Å². The zero-order valence-corrected chi connectivity index (χ0v) is 19.4. The number of halogens is 2. The summed E-state index contributed by atoms with van der Waals surface area (Å²) in [5.74, 6) is 0.0940. The number of alkyl carbamates (subject to hydrolysis) is 1. The lowest BCUT2D eigenvalue weighted by Gasteiger charge is -2.38.